The number of hydrogen-bond donors (Lipinski definition) is 0. The summed E-state index contributed by atoms with van der Waals surface area (Å²) in [5.41, 5.74) is -1.28. The van der Waals surface area contributed by atoms with Gasteiger partial charge in [-0.1, -0.05) is 0 Å². The van der Waals surface area contributed by atoms with Gasteiger partial charge in [0.2, 0.25) is 10.0 Å². The van der Waals surface area contributed by atoms with Crippen LogP contribution in [-0.4, -0.2) is 42.7 Å². The minimum atomic E-state index is -4.60. The highest BCUT2D eigenvalue weighted by atomic mass is 32.2. The van der Waals surface area contributed by atoms with Crippen molar-refractivity contribution in [2.45, 2.75) is 31.3 Å². The number of benzene rings is 1. The Labute approximate surface area is 133 Å². The molecule has 0 N–H and O–H groups in total. The highest BCUT2D eigenvalue weighted by molar-refractivity contribution is 7.89. The monoisotopic (exact) mass is 333 g/mol. The number of non-ortho nitro benzene ring substituents is 1. The second-order valence-electron chi connectivity index (χ2n) is 5.35. The summed E-state index contributed by atoms with van der Waals surface area (Å²) in [6, 6.07) is 3.67. The van der Waals surface area contributed by atoms with E-state index in [1.165, 1.54) is 0 Å². The van der Waals surface area contributed by atoms with Crippen LogP contribution < -0.4 is 0 Å². The molecule has 0 aliphatic rings. The van der Waals surface area contributed by atoms with Crippen LogP contribution in [0.1, 0.15) is 24.9 Å². The highest BCUT2D eigenvalue weighted by Gasteiger charge is 2.26. The zero-order chi connectivity index (χ0) is 19.6. The van der Waals surface area contributed by atoms with Crippen molar-refractivity contribution in [3.8, 4) is 0 Å². The van der Waals surface area contributed by atoms with Gasteiger partial charge in [-0.2, -0.15) is 4.31 Å². The summed E-state index contributed by atoms with van der Waals surface area (Å²) in [4.78, 5) is 21.3. The van der Waals surface area contributed by atoms with Crippen molar-refractivity contribution < 1.29 is 27.0 Å². The minimum absolute atomic E-state index is 0.0231. The maximum absolute atomic E-state index is 12.5. The fraction of sp³-hybridized carbons (Fsp3) is 0.462. The molecule has 122 valence electrons. The molecule has 1 rings (SSSR count). The number of nitro benzene ring substituents is 1. The maximum atomic E-state index is 12.5. The van der Waals surface area contributed by atoms with Crippen LogP contribution in [0.15, 0.2) is 29.2 Å². The molecule has 0 spiro atoms. The average molecular weight is 333 g/mol. The largest absolute Gasteiger partial charge is 0.459 e. The fourth-order valence-electron chi connectivity index (χ4n) is 1.44. The Balaban J connectivity index is 3.21. The van der Waals surface area contributed by atoms with Crippen LogP contribution in [0.5, 0.6) is 0 Å². The van der Waals surface area contributed by atoms with Crippen LogP contribution in [0.2, 0.25) is 0 Å². The molecular formula is C13H18N2O6S. The lowest BCUT2D eigenvalue weighted by molar-refractivity contribution is -0.384. The molecule has 0 fully saturated rings. The minimum Gasteiger partial charge on any atom is -0.459 e. The number of likely N-dealkylation sites (N-methyl/N-ethyl adjacent to an activating group) is 1. The van der Waals surface area contributed by atoms with Gasteiger partial charge in [0.1, 0.15) is 12.1 Å². The van der Waals surface area contributed by atoms with Crippen LogP contribution in [0.3, 0.4) is 0 Å². The molecule has 0 aliphatic heterocycles. The van der Waals surface area contributed by atoms with Crippen molar-refractivity contribution in [3.63, 3.8) is 0 Å². The van der Waals surface area contributed by atoms with E-state index in [9.17, 15) is 23.3 Å². The van der Waals surface area contributed by atoms with Crippen molar-refractivity contribution in [2.24, 2.45) is 0 Å². The number of sulfonamides is 1. The quantitative estimate of drug-likeness (QED) is 0.460. The number of carbonyl (C=O) groups is 1. The molecule has 8 nitrogen and oxygen atoms in total. The summed E-state index contributed by atoms with van der Waals surface area (Å²) in [6.45, 7) is 0.491. The third-order valence-corrected chi connectivity index (χ3v) is 3.91. The first-order valence-electron chi connectivity index (χ1n) is 7.64. The van der Waals surface area contributed by atoms with E-state index in [1.807, 2.05) is 0 Å². The molecule has 0 bridgehead atoms. The van der Waals surface area contributed by atoms with Crippen molar-refractivity contribution in [3.05, 3.63) is 34.4 Å². The molecule has 0 heterocycles. The van der Waals surface area contributed by atoms with Crippen LogP contribution in [0.25, 0.3) is 0 Å². The first-order chi connectivity index (χ1) is 11.1. The Kier molecular flexibility index (Phi) is 3.97. The van der Waals surface area contributed by atoms with E-state index in [0.29, 0.717) is 0 Å². The van der Waals surface area contributed by atoms with Gasteiger partial charge in [-0.25, -0.2) is 8.42 Å². The van der Waals surface area contributed by atoms with Crippen LogP contribution in [0.4, 0.5) is 5.69 Å². The van der Waals surface area contributed by atoms with Gasteiger partial charge >= 0.3 is 5.97 Å². The Hall–Kier alpha value is -2.00. The molecule has 22 heavy (non-hydrogen) atoms. The number of nitro groups is 1. The van der Waals surface area contributed by atoms with E-state index < -0.39 is 44.9 Å². The van der Waals surface area contributed by atoms with Gasteiger partial charge < -0.3 is 4.74 Å². The van der Waals surface area contributed by atoms with E-state index in [-0.39, 0.29) is 9.99 Å². The highest BCUT2D eigenvalue weighted by Crippen LogP contribution is 2.19. The molecule has 1 aromatic carbocycles. The van der Waals surface area contributed by atoms with Gasteiger partial charge in [0.15, 0.2) is 0 Å². The summed E-state index contributed by atoms with van der Waals surface area (Å²) in [5, 5.41) is 10.6. The molecule has 0 radical (unpaired) electrons. The molecule has 0 amide bonds. The first kappa shape index (κ1) is 13.6. The van der Waals surface area contributed by atoms with E-state index in [4.69, 9.17) is 8.85 Å². The molecule has 0 aromatic heterocycles. The molecule has 0 atom stereocenters. The third kappa shape index (κ3) is 4.78. The number of carbonyl (C=O) groups excluding carboxylic acids is 1. The van der Waals surface area contributed by atoms with E-state index in [1.54, 1.807) is 20.8 Å². The topological polar surface area (TPSA) is 107 Å². The van der Waals surface area contributed by atoms with Gasteiger partial charge in [0, 0.05) is 23.2 Å². The molecule has 0 saturated carbocycles. The SMILES string of the molecule is [2H]C([2H])([2H])N(CC(=O)OC(C)(C)C)S(=O)(=O)c1ccc([N+](=O)[O-])cc1. The van der Waals surface area contributed by atoms with E-state index in [0.717, 1.165) is 24.3 Å². The summed E-state index contributed by atoms with van der Waals surface area (Å²) in [7, 11) is -4.60. The van der Waals surface area contributed by atoms with Crippen LogP contribution in [0, 0.1) is 10.1 Å². The summed E-state index contributed by atoms with van der Waals surface area (Å²) in [6.07, 6.45) is 0. The zero-order valence-corrected chi connectivity index (χ0v) is 13.1. The number of ether oxygens (including phenoxy) is 1. The van der Waals surface area contributed by atoms with E-state index >= 15 is 0 Å². The van der Waals surface area contributed by atoms with Gasteiger partial charge in [0.05, 0.1) is 9.82 Å². The number of rotatable bonds is 5. The average Bonchev–Trinajstić information content (AvgIpc) is 2.41. The summed E-state index contributed by atoms with van der Waals surface area (Å²) >= 11 is 0. The lowest BCUT2D eigenvalue weighted by atomic mass is 10.2. The number of nitrogens with zero attached hydrogens (tertiary/aromatic N) is 2. The molecular weight excluding hydrogens is 312 g/mol. The Bertz CT molecular complexity index is 753. The smallest absolute Gasteiger partial charge is 0.321 e. The van der Waals surface area contributed by atoms with Gasteiger partial charge in [-0.3, -0.25) is 14.9 Å². The second-order valence-corrected chi connectivity index (χ2v) is 7.21. The van der Waals surface area contributed by atoms with Crippen molar-refractivity contribution in [1.29, 1.82) is 0 Å². The normalized spacial score (nSPS) is 14.8. The van der Waals surface area contributed by atoms with Gasteiger partial charge in [-0.15, -0.1) is 0 Å². The molecule has 0 aliphatic carbocycles. The third-order valence-electron chi connectivity index (χ3n) is 2.33. The molecule has 0 unspecified atom stereocenters. The van der Waals surface area contributed by atoms with Crippen LogP contribution >= 0.6 is 0 Å². The summed E-state index contributed by atoms with van der Waals surface area (Å²) < 4.78 is 52.3. The van der Waals surface area contributed by atoms with Crippen molar-refractivity contribution >= 4 is 21.7 Å². The Morgan fingerprint density at radius 1 is 1.36 bits per heavy atom. The second kappa shape index (κ2) is 6.41. The van der Waals surface area contributed by atoms with E-state index in [2.05, 4.69) is 0 Å². The molecule has 0 saturated heterocycles. The summed E-state index contributed by atoms with van der Waals surface area (Å²) in [5.74, 6) is -1.03. The Morgan fingerprint density at radius 2 is 1.91 bits per heavy atom. The fourth-order valence-corrected chi connectivity index (χ4v) is 2.45. The Morgan fingerprint density at radius 3 is 2.32 bits per heavy atom. The maximum Gasteiger partial charge on any atom is 0.321 e. The standard InChI is InChI=1S/C13H18N2O6S/c1-13(2,3)21-12(16)9-14(4)22(19,20)11-7-5-10(6-8-11)15(17)18/h5-8H,9H2,1-4H3/i4D3. The van der Waals surface area contributed by atoms with Crippen LogP contribution in [-0.2, 0) is 19.6 Å². The number of hydrogen-bond acceptors (Lipinski definition) is 6. The predicted octanol–water partition coefficient (Wildman–Crippen LogP) is 1.56. The first-order valence-corrected chi connectivity index (χ1v) is 7.58. The number of esters is 1. The lowest BCUT2D eigenvalue weighted by Gasteiger charge is -2.22. The van der Waals surface area contributed by atoms with Gasteiger partial charge in [0.25, 0.3) is 5.69 Å². The van der Waals surface area contributed by atoms with Crippen molar-refractivity contribution in [1.82, 2.24) is 4.31 Å². The molecule has 1 aromatic rings. The lowest BCUT2D eigenvalue weighted by Crippen LogP contribution is -2.36. The molecule has 9 heteroatoms. The predicted molar refractivity (Wildman–Crippen MR) is 78.8 cm³/mol. The zero-order valence-electron chi connectivity index (χ0n) is 15.3. The van der Waals surface area contributed by atoms with Gasteiger partial charge in [-0.05, 0) is 32.9 Å². The van der Waals surface area contributed by atoms with Crippen molar-refractivity contribution in [2.75, 3.05) is 13.5 Å².